The van der Waals surface area contributed by atoms with E-state index in [2.05, 4.69) is 37.0 Å². The molecule has 0 aromatic heterocycles. The van der Waals surface area contributed by atoms with Gasteiger partial charge in [-0.3, -0.25) is 0 Å². The van der Waals surface area contributed by atoms with E-state index in [9.17, 15) is 0 Å². The standard InChI is InChI=1S/C18H30S3/c19-3-1-13-5-11-7-15(13)17(9-11)21-18-10-12-6-14(2-4-20)16(18)8-12/h11-20H,1-10H2. The summed E-state index contributed by atoms with van der Waals surface area (Å²) in [6.07, 6.45) is 12.0. The van der Waals surface area contributed by atoms with E-state index in [1.165, 1.54) is 25.7 Å². The Labute approximate surface area is 145 Å². The van der Waals surface area contributed by atoms with Crippen LogP contribution in [0, 0.1) is 35.5 Å². The van der Waals surface area contributed by atoms with Crippen LogP contribution in [0.5, 0.6) is 0 Å². The summed E-state index contributed by atoms with van der Waals surface area (Å²) < 4.78 is 0. The summed E-state index contributed by atoms with van der Waals surface area (Å²) in [5, 5.41) is 2.02. The first kappa shape index (κ1) is 15.6. The fraction of sp³-hybridized carbons (Fsp3) is 1.00. The van der Waals surface area contributed by atoms with Crippen molar-refractivity contribution in [1.82, 2.24) is 0 Å². The molecule has 0 spiro atoms. The maximum atomic E-state index is 4.49. The van der Waals surface area contributed by atoms with Crippen molar-refractivity contribution in [2.75, 3.05) is 11.5 Å². The van der Waals surface area contributed by atoms with Crippen molar-refractivity contribution in [2.24, 2.45) is 35.5 Å². The van der Waals surface area contributed by atoms with Crippen molar-refractivity contribution in [3.05, 3.63) is 0 Å². The second-order valence-corrected chi connectivity index (χ2v) is 10.6. The van der Waals surface area contributed by atoms with Crippen LogP contribution in [0.4, 0.5) is 0 Å². The van der Waals surface area contributed by atoms with Crippen molar-refractivity contribution in [3.8, 4) is 0 Å². The molecule has 0 amide bonds. The van der Waals surface area contributed by atoms with Crippen LogP contribution in [0.15, 0.2) is 0 Å². The van der Waals surface area contributed by atoms with Crippen LogP contribution in [0.2, 0.25) is 0 Å². The van der Waals surface area contributed by atoms with Gasteiger partial charge in [-0.25, -0.2) is 0 Å². The van der Waals surface area contributed by atoms with Gasteiger partial charge in [0.25, 0.3) is 0 Å². The Balaban J connectivity index is 1.36. The lowest BCUT2D eigenvalue weighted by Crippen LogP contribution is -2.29. The zero-order valence-electron chi connectivity index (χ0n) is 13.0. The van der Waals surface area contributed by atoms with E-state index < -0.39 is 0 Å². The Morgan fingerprint density at radius 1 is 0.667 bits per heavy atom. The highest BCUT2D eigenvalue weighted by molar-refractivity contribution is 8.00. The number of thioether (sulfide) groups is 1. The van der Waals surface area contributed by atoms with E-state index in [-0.39, 0.29) is 0 Å². The van der Waals surface area contributed by atoms with E-state index in [0.717, 1.165) is 57.5 Å². The second-order valence-electron chi connectivity index (χ2n) is 8.23. The van der Waals surface area contributed by atoms with Gasteiger partial charge in [0.1, 0.15) is 0 Å². The van der Waals surface area contributed by atoms with Crippen molar-refractivity contribution in [1.29, 1.82) is 0 Å². The molecule has 8 unspecified atom stereocenters. The Kier molecular flexibility index (Phi) is 4.83. The van der Waals surface area contributed by atoms with Gasteiger partial charge in [0.05, 0.1) is 0 Å². The third-order valence-electron chi connectivity index (χ3n) is 7.13. The first-order valence-electron chi connectivity index (χ1n) is 9.15. The molecule has 0 heterocycles. The lowest BCUT2D eigenvalue weighted by atomic mass is 9.86. The minimum Gasteiger partial charge on any atom is -0.179 e. The predicted molar refractivity (Wildman–Crippen MR) is 101 cm³/mol. The van der Waals surface area contributed by atoms with Gasteiger partial charge in [0, 0.05) is 10.5 Å². The van der Waals surface area contributed by atoms with Crippen molar-refractivity contribution in [2.45, 2.75) is 61.9 Å². The second kappa shape index (κ2) is 6.51. The lowest BCUT2D eigenvalue weighted by Gasteiger charge is -2.35. The molecule has 21 heavy (non-hydrogen) atoms. The van der Waals surface area contributed by atoms with Gasteiger partial charge in [0.2, 0.25) is 0 Å². The average molecular weight is 343 g/mol. The Hall–Kier alpha value is 1.05. The van der Waals surface area contributed by atoms with Crippen LogP contribution < -0.4 is 0 Å². The molecule has 4 aliphatic carbocycles. The van der Waals surface area contributed by atoms with Gasteiger partial charge in [-0.05, 0) is 98.4 Å². The number of fused-ring (bicyclic) bond motifs is 4. The van der Waals surface area contributed by atoms with Crippen molar-refractivity contribution in [3.63, 3.8) is 0 Å². The van der Waals surface area contributed by atoms with E-state index >= 15 is 0 Å². The Bertz CT molecular complexity index is 337. The van der Waals surface area contributed by atoms with Crippen LogP contribution in [0.1, 0.15) is 51.4 Å². The highest BCUT2D eigenvalue weighted by Gasteiger charge is 2.50. The number of hydrogen-bond acceptors (Lipinski definition) is 3. The maximum absolute atomic E-state index is 4.49. The molecule has 0 radical (unpaired) electrons. The molecule has 4 fully saturated rings. The molecule has 4 saturated carbocycles. The molecule has 4 rings (SSSR count). The number of thiol groups is 2. The third-order valence-corrected chi connectivity index (χ3v) is 9.43. The van der Waals surface area contributed by atoms with Crippen LogP contribution >= 0.6 is 37.0 Å². The van der Waals surface area contributed by atoms with Crippen molar-refractivity contribution >= 4 is 37.0 Å². The molecule has 0 saturated heterocycles. The lowest BCUT2D eigenvalue weighted by molar-refractivity contribution is 0.321. The van der Waals surface area contributed by atoms with E-state index in [1.807, 2.05) is 0 Å². The van der Waals surface area contributed by atoms with Gasteiger partial charge in [0.15, 0.2) is 0 Å². The van der Waals surface area contributed by atoms with E-state index in [1.54, 1.807) is 25.7 Å². The SMILES string of the molecule is SCCC1CC2CC(SC3CC4CC(CCS)C3C4)C1C2. The molecule has 4 aliphatic rings. The van der Waals surface area contributed by atoms with Crippen molar-refractivity contribution < 1.29 is 0 Å². The molecule has 4 bridgehead atoms. The molecule has 0 aromatic rings. The van der Waals surface area contributed by atoms with E-state index in [4.69, 9.17) is 0 Å². The molecule has 8 atom stereocenters. The fourth-order valence-electron chi connectivity index (χ4n) is 6.39. The van der Waals surface area contributed by atoms with Gasteiger partial charge < -0.3 is 0 Å². The maximum Gasteiger partial charge on any atom is 0.00836 e. The smallest absolute Gasteiger partial charge is 0.00836 e. The summed E-state index contributed by atoms with van der Waals surface area (Å²) in [4.78, 5) is 0. The average Bonchev–Trinajstić information content (AvgIpc) is 3.18. The molecule has 0 aromatic carbocycles. The molecular formula is C18H30S3. The summed E-state index contributed by atoms with van der Waals surface area (Å²) in [6.45, 7) is 0. The number of hydrogen-bond donors (Lipinski definition) is 2. The zero-order chi connectivity index (χ0) is 14.4. The summed E-state index contributed by atoms with van der Waals surface area (Å²) in [7, 11) is 0. The molecular weight excluding hydrogens is 312 g/mol. The first-order chi connectivity index (χ1) is 10.3. The van der Waals surface area contributed by atoms with E-state index in [0.29, 0.717) is 0 Å². The van der Waals surface area contributed by atoms with Gasteiger partial charge in [-0.15, -0.1) is 0 Å². The Morgan fingerprint density at radius 2 is 1.14 bits per heavy atom. The van der Waals surface area contributed by atoms with Crippen LogP contribution in [0.25, 0.3) is 0 Å². The van der Waals surface area contributed by atoms with Crippen LogP contribution in [-0.2, 0) is 0 Å². The molecule has 0 nitrogen and oxygen atoms in total. The molecule has 3 heteroatoms. The minimum absolute atomic E-state index is 1.01. The largest absolute Gasteiger partial charge is 0.179 e. The number of rotatable bonds is 6. The quantitative estimate of drug-likeness (QED) is 0.626. The molecule has 120 valence electrons. The van der Waals surface area contributed by atoms with Crippen LogP contribution in [-0.4, -0.2) is 22.0 Å². The highest BCUT2D eigenvalue weighted by Crippen LogP contribution is 2.59. The molecule has 0 N–H and O–H groups in total. The molecule has 0 aliphatic heterocycles. The summed E-state index contributed by atoms with van der Waals surface area (Å²) in [5.41, 5.74) is 0. The first-order valence-corrected chi connectivity index (χ1v) is 11.4. The Morgan fingerprint density at radius 3 is 1.52 bits per heavy atom. The summed E-state index contributed by atoms with van der Waals surface area (Å²) in [5.74, 6) is 8.49. The van der Waals surface area contributed by atoms with Crippen LogP contribution in [0.3, 0.4) is 0 Å². The normalized spacial score (nSPS) is 51.1. The monoisotopic (exact) mass is 342 g/mol. The topological polar surface area (TPSA) is 0 Å². The predicted octanol–water partition coefficient (Wildman–Crippen LogP) is 5.19. The minimum atomic E-state index is 1.01. The summed E-state index contributed by atoms with van der Waals surface area (Å²) in [6, 6.07) is 0. The highest BCUT2D eigenvalue weighted by atomic mass is 32.2. The third kappa shape index (κ3) is 2.93. The zero-order valence-corrected chi connectivity index (χ0v) is 15.6. The van der Waals surface area contributed by atoms with Gasteiger partial charge in [-0.2, -0.15) is 37.0 Å². The van der Waals surface area contributed by atoms with Gasteiger partial charge >= 0.3 is 0 Å². The summed E-state index contributed by atoms with van der Waals surface area (Å²) >= 11 is 11.4. The fourth-order valence-corrected chi connectivity index (χ4v) is 9.34. The van der Waals surface area contributed by atoms with Gasteiger partial charge in [-0.1, -0.05) is 0 Å².